The highest BCUT2D eigenvalue weighted by Gasteiger charge is 2.19. The summed E-state index contributed by atoms with van der Waals surface area (Å²) in [6.45, 7) is 3.49. The van der Waals surface area contributed by atoms with E-state index >= 15 is 0 Å². The van der Waals surface area contributed by atoms with Gasteiger partial charge in [0.05, 0.1) is 0 Å². The molecule has 0 radical (unpaired) electrons. The maximum absolute atomic E-state index is 3.19. The molecule has 0 bridgehead atoms. The average Bonchev–Trinajstić information content (AvgIpc) is 2.05. The van der Waals surface area contributed by atoms with Gasteiger partial charge in [-0.05, 0) is 40.5 Å². The highest BCUT2D eigenvalue weighted by Crippen LogP contribution is 2.12. The Hall–Kier alpha value is -0.120. The molecule has 1 N–H and O–H groups in total. The van der Waals surface area contributed by atoms with Crippen molar-refractivity contribution in [1.29, 1.82) is 0 Å². The average molecular weight is 171 g/mol. The lowest BCUT2D eigenvalue weighted by Gasteiger charge is -2.35. The SMILES string of the molecule is CNCN(C)C1CCCN(C)C1. The molecule has 1 aliphatic heterocycles. The first kappa shape index (κ1) is 9.96. The molecule has 1 rings (SSSR count). The Labute approximate surface area is 75.7 Å². The van der Waals surface area contributed by atoms with Crippen LogP contribution in [0.15, 0.2) is 0 Å². The summed E-state index contributed by atoms with van der Waals surface area (Å²) in [7, 11) is 6.41. The first-order chi connectivity index (χ1) is 5.74. The maximum atomic E-state index is 3.19. The molecule has 0 aliphatic carbocycles. The van der Waals surface area contributed by atoms with Gasteiger partial charge in [0.2, 0.25) is 0 Å². The fraction of sp³-hybridized carbons (Fsp3) is 1.00. The molecule has 3 heteroatoms. The van der Waals surface area contributed by atoms with Crippen molar-refractivity contribution < 1.29 is 0 Å². The van der Waals surface area contributed by atoms with Crippen LogP contribution in [-0.4, -0.2) is 56.7 Å². The molecule has 1 unspecified atom stereocenters. The standard InChI is InChI=1S/C9H21N3/c1-10-8-12(3)9-5-4-6-11(2)7-9/h9-10H,4-8H2,1-3H3. The van der Waals surface area contributed by atoms with Crippen LogP contribution >= 0.6 is 0 Å². The van der Waals surface area contributed by atoms with Crippen LogP contribution in [-0.2, 0) is 0 Å². The van der Waals surface area contributed by atoms with E-state index in [0.717, 1.165) is 12.7 Å². The minimum Gasteiger partial charge on any atom is -0.307 e. The summed E-state index contributed by atoms with van der Waals surface area (Å²) < 4.78 is 0. The third-order valence-corrected chi connectivity index (χ3v) is 2.63. The fourth-order valence-corrected chi connectivity index (χ4v) is 1.88. The zero-order valence-electron chi connectivity index (χ0n) is 8.51. The van der Waals surface area contributed by atoms with Gasteiger partial charge in [0.25, 0.3) is 0 Å². The summed E-state index contributed by atoms with van der Waals surface area (Å²) in [5, 5.41) is 3.19. The van der Waals surface area contributed by atoms with Crippen molar-refractivity contribution in [1.82, 2.24) is 15.1 Å². The molecule has 1 saturated heterocycles. The second-order valence-corrected chi connectivity index (χ2v) is 3.83. The fourth-order valence-electron chi connectivity index (χ4n) is 1.88. The van der Waals surface area contributed by atoms with Crippen molar-refractivity contribution in [2.24, 2.45) is 0 Å². The number of nitrogens with one attached hydrogen (secondary N) is 1. The lowest BCUT2D eigenvalue weighted by Crippen LogP contribution is -2.47. The van der Waals surface area contributed by atoms with Gasteiger partial charge in [0.15, 0.2) is 0 Å². The highest BCUT2D eigenvalue weighted by molar-refractivity contribution is 4.76. The largest absolute Gasteiger partial charge is 0.307 e. The van der Waals surface area contributed by atoms with E-state index in [0.29, 0.717) is 0 Å². The molecule has 1 atom stereocenters. The third-order valence-electron chi connectivity index (χ3n) is 2.63. The van der Waals surface area contributed by atoms with Gasteiger partial charge >= 0.3 is 0 Å². The molecule has 1 fully saturated rings. The van der Waals surface area contributed by atoms with E-state index in [-0.39, 0.29) is 0 Å². The Balaban J connectivity index is 2.29. The molecule has 0 aromatic carbocycles. The molecule has 0 aromatic heterocycles. The van der Waals surface area contributed by atoms with Crippen LogP contribution in [0, 0.1) is 0 Å². The molecular weight excluding hydrogens is 150 g/mol. The summed E-state index contributed by atoms with van der Waals surface area (Å²) in [5.41, 5.74) is 0. The molecule has 1 heterocycles. The summed E-state index contributed by atoms with van der Waals surface area (Å²) in [6, 6.07) is 0.746. The predicted molar refractivity (Wildman–Crippen MR) is 52.2 cm³/mol. The van der Waals surface area contributed by atoms with Crippen LogP contribution in [0.5, 0.6) is 0 Å². The number of likely N-dealkylation sites (tertiary alicyclic amines) is 1. The second kappa shape index (κ2) is 4.80. The lowest BCUT2D eigenvalue weighted by atomic mass is 10.1. The quantitative estimate of drug-likeness (QED) is 0.612. The smallest absolute Gasteiger partial charge is 0.0478 e. The molecule has 12 heavy (non-hydrogen) atoms. The molecule has 0 saturated carbocycles. The minimum atomic E-state index is 0.746. The second-order valence-electron chi connectivity index (χ2n) is 3.83. The van der Waals surface area contributed by atoms with Crippen LogP contribution in [0.1, 0.15) is 12.8 Å². The van der Waals surface area contributed by atoms with E-state index in [9.17, 15) is 0 Å². The van der Waals surface area contributed by atoms with E-state index in [2.05, 4.69) is 29.2 Å². The maximum Gasteiger partial charge on any atom is 0.0478 e. The van der Waals surface area contributed by atoms with Crippen molar-refractivity contribution in [3.63, 3.8) is 0 Å². The van der Waals surface area contributed by atoms with Crippen molar-refractivity contribution in [2.45, 2.75) is 18.9 Å². The zero-order valence-corrected chi connectivity index (χ0v) is 8.51. The van der Waals surface area contributed by atoms with Crippen molar-refractivity contribution in [3.8, 4) is 0 Å². The Kier molecular flexibility index (Phi) is 3.98. The molecule has 72 valence electrons. The van der Waals surface area contributed by atoms with Crippen LogP contribution in [0.4, 0.5) is 0 Å². The number of rotatable bonds is 3. The van der Waals surface area contributed by atoms with Crippen molar-refractivity contribution >= 4 is 0 Å². The van der Waals surface area contributed by atoms with Gasteiger partial charge in [-0.3, -0.25) is 4.90 Å². The van der Waals surface area contributed by atoms with Gasteiger partial charge < -0.3 is 10.2 Å². The lowest BCUT2D eigenvalue weighted by molar-refractivity contribution is 0.130. The number of piperidine rings is 1. The minimum absolute atomic E-state index is 0.746. The molecule has 3 nitrogen and oxygen atoms in total. The highest BCUT2D eigenvalue weighted by atomic mass is 15.3. The van der Waals surface area contributed by atoms with E-state index in [1.54, 1.807) is 0 Å². The Morgan fingerprint density at radius 3 is 2.92 bits per heavy atom. The summed E-state index contributed by atoms with van der Waals surface area (Å²) >= 11 is 0. The summed E-state index contributed by atoms with van der Waals surface area (Å²) in [5.74, 6) is 0. The molecule has 1 aliphatic rings. The topological polar surface area (TPSA) is 18.5 Å². The molecule has 0 amide bonds. The van der Waals surface area contributed by atoms with Gasteiger partial charge in [-0.25, -0.2) is 0 Å². The van der Waals surface area contributed by atoms with Crippen LogP contribution in [0.25, 0.3) is 0 Å². The Morgan fingerprint density at radius 2 is 2.33 bits per heavy atom. The van der Waals surface area contributed by atoms with Crippen molar-refractivity contribution in [3.05, 3.63) is 0 Å². The summed E-state index contributed by atoms with van der Waals surface area (Å²) in [6.07, 6.45) is 2.69. The van der Waals surface area contributed by atoms with Crippen LogP contribution < -0.4 is 5.32 Å². The first-order valence-electron chi connectivity index (χ1n) is 4.77. The number of nitrogens with zero attached hydrogens (tertiary/aromatic N) is 2. The third kappa shape index (κ3) is 2.73. The Bertz CT molecular complexity index is 127. The predicted octanol–water partition coefficient (Wildman–Crippen LogP) is 0.189. The Morgan fingerprint density at radius 1 is 1.58 bits per heavy atom. The van der Waals surface area contributed by atoms with E-state index < -0.39 is 0 Å². The number of likely N-dealkylation sites (N-methyl/N-ethyl adjacent to an activating group) is 2. The van der Waals surface area contributed by atoms with Crippen molar-refractivity contribution in [2.75, 3.05) is 40.9 Å². The van der Waals surface area contributed by atoms with Crippen LogP contribution in [0.2, 0.25) is 0 Å². The molecule has 0 aromatic rings. The molecule has 0 spiro atoms. The zero-order chi connectivity index (χ0) is 8.97. The van der Waals surface area contributed by atoms with Crippen LogP contribution in [0.3, 0.4) is 0 Å². The number of hydrogen-bond acceptors (Lipinski definition) is 3. The van der Waals surface area contributed by atoms with Gasteiger partial charge in [0.1, 0.15) is 0 Å². The van der Waals surface area contributed by atoms with Gasteiger partial charge in [-0.2, -0.15) is 0 Å². The molecular formula is C9H21N3. The first-order valence-corrected chi connectivity index (χ1v) is 4.77. The summed E-state index contributed by atoms with van der Waals surface area (Å²) in [4.78, 5) is 4.82. The normalized spacial score (nSPS) is 26.5. The van der Waals surface area contributed by atoms with Gasteiger partial charge in [-0.1, -0.05) is 0 Å². The van der Waals surface area contributed by atoms with E-state index in [4.69, 9.17) is 0 Å². The van der Waals surface area contributed by atoms with E-state index in [1.807, 2.05) is 7.05 Å². The number of hydrogen-bond donors (Lipinski definition) is 1. The monoisotopic (exact) mass is 171 g/mol. The van der Waals surface area contributed by atoms with Gasteiger partial charge in [0, 0.05) is 19.3 Å². The van der Waals surface area contributed by atoms with E-state index in [1.165, 1.54) is 25.9 Å². The van der Waals surface area contributed by atoms with Gasteiger partial charge in [-0.15, -0.1) is 0 Å².